The van der Waals surface area contributed by atoms with Crippen LogP contribution in [-0.4, -0.2) is 10.4 Å². The van der Waals surface area contributed by atoms with Crippen molar-refractivity contribution in [2.45, 2.75) is 0 Å². The second-order valence-corrected chi connectivity index (χ2v) is 2.90. The van der Waals surface area contributed by atoms with Crippen LogP contribution in [0.5, 0.6) is 0 Å². The maximum absolute atomic E-state index is 6.89. The van der Waals surface area contributed by atoms with Gasteiger partial charge in [-0.1, -0.05) is 12.1 Å². The number of imidazole rings is 1. The molecule has 3 heteroatoms. The van der Waals surface area contributed by atoms with Crippen LogP contribution in [0, 0.1) is 5.41 Å². The Morgan fingerprint density at radius 2 is 2.23 bits per heavy atom. The Bertz CT molecular complexity index is 490. The number of nitrogens with one attached hydrogen (secondary N) is 1. The zero-order valence-corrected chi connectivity index (χ0v) is 7.36. The Balaban J connectivity index is 2.85. The molecule has 0 aliphatic rings. The topological polar surface area (TPSA) is 32.7 Å². The third-order valence-electron chi connectivity index (χ3n) is 2.04. The third-order valence-corrected chi connectivity index (χ3v) is 2.04. The summed E-state index contributed by atoms with van der Waals surface area (Å²) in [6.45, 7) is 0. The number of benzene rings is 1. The first kappa shape index (κ1) is 7.77. The minimum Gasteiger partial charge on any atom is -0.256 e. The molecule has 0 saturated carbocycles. The Morgan fingerprint density at radius 1 is 1.46 bits per heavy atom. The maximum atomic E-state index is 6.89. The van der Waals surface area contributed by atoms with Gasteiger partial charge in [0.05, 0.1) is 7.05 Å². The molecule has 0 saturated heterocycles. The minimum absolute atomic E-state index is 1.09. The molecule has 64 valence electrons. The van der Waals surface area contributed by atoms with E-state index in [1.54, 1.807) is 6.20 Å². The van der Waals surface area contributed by atoms with Gasteiger partial charge < -0.3 is 0 Å². The van der Waals surface area contributed by atoms with E-state index in [1.807, 2.05) is 46.8 Å². The summed E-state index contributed by atoms with van der Waals surface area (Å²) in [7, 11) is 1.98. The Labute approximate surface area is 76.1 Å². The van der Waals surface area contributed by atoms with Crippen LogP contribution in [-0.2, 0) is 7.05 Å². The van der Waals surface area contributed by atoms with Gasteiger partial charge in [0.25, 0.3) is 0 Å². The van der Waals surface area contributed by atoms with Crippen LogP contribution in [0.2, 0.25) is 0 Å². The zero-order valence-electron chi connectivity index (χ0n) is 7.36. The first-order valence-corrected chi connectivity index (χ1v) is 4.04. The summed E-state index contributed by atoms with van der Waals surface area (Å²) in [4.78, 5) is 0. The second kappa shape index (κ2) is 2.88. The number of para-hydroxylation sites is 2. The molecule has 3 nitrogen and oxygen atoms in total. The molecule has 0 amide bonds. The molecule has 0 spiro atoms. The Kier molecular flexibility index (Phi) is 1.72. The summed E-state index contributed by atoms with van der Waals surface area (Å²) in [5, 5.41) is 6.89. The maximum Gasteiger partial charge on any atom is 0.249 e. The number of hydrogen-bond donors (Lipinski definition) is 1. The molecular weight excluding hydrogens is 162 g/mol. The van der Waals surface area contributed by atoms with Crippen LogP contribution >= 0.6 is 0 Å². The van der Waals surface area contributed by atoms with Crippen molar-refractivity contribution in [1.29, 1.82) is 5.41 Å². The fourth-order valence-electron chi connectivity index (χ4n) is 1.46. The van der Waals surface area contributed by atoms with Gasteiger partial charge >= 0.3 is 0 Å². The standard InChI is InChI=1S/C10H10N3/c1-12-8-13(7-6-11)10-5-3-2-4-9(10)12/h2-5,7-8,11H,1H3/q+1. The van der Waals surface area contributed by atoms with Crippen molar-refractivity contribution in [2.75, 3.05) is 0 Å². The van der Waals surface area contributed by atoms with Crippen molar-refractivity contribution >= 4 is 23.1 Å². The molecular formula is C10H10N3+. The summed E-state index contributed by atoms with van der Waals surface area (Å²) in [5.41, 5.74) is 2.23. The number of nitrogens with zero attached hydrogens (tertiary/aromatic N) is 2. The van der Waals surface area contributed by atoms with Crippen LogP contribution < -0.4 is 4.57 Å². The zero-order chi connectivity index (χ0) is 9.26. The van der Waals surface area contributed by atoms with Crippen molar-refractivity contribution in [2.24, 2.45) is 7.05 Å². The van der Waals surface area contributed by atoms with Crippen molar-refractivity contribution in [3.8, 4) is 0 Å². The van der Waals surface area contributed by atoms with E-state index < -0.39 is 0 Å². The highest BCUT2D eigenvalue weighted by atomic mass is 15.1. The normalized spacial score (nSPS) is 9.92. The fraction of sp³-hybridized carbons (Fsp3) is 0.100. The van der Waals surface area contributed by atoms with Crippen molar-refractivity contribution < 1.29 is 4.57 Å². The lowest BCUT2D eigenvalue weighted by atomic mass is 10.3. The molecule has 0 aliphatic heterocycles. The number of aryl methyl sites for hydroxylation is 1. The van der Waals surface area contributed by atoms with Gasteiger partial charge in [0.1, 0.15) is 0 Å². The predicted molar refractivity (Wildman–Crippen MR) is 51.6 cm³/mol. The minimum atomic E-state index is 1.09. The Morgan fingerprint density at radius 3 is 3.00 bits per heavy atom. The van der Waals surface area contributed by atoms with E-state index in [9.17, 15) is 0 Å². The monoisotopic (exact) mass is 172 g/mol. The van der Waals surface area contributed by atoms with E-state index in [0.29, 0.717) is 0 Å². The average Bonchev–Trinajstić information content (AvgIpc) is 2.46. The molecule has 0 atom stereocenters. The predicted octanol–water partition coefficient (Wildman–Crippen LogP) is 1.18. The highest BCUT2D eigenvalue weighted by Gasteiger charge is 2.08. The first-order chi connectivity index (χ1) is 6.33. The molecule has 0 bridgehead atoms. The summed E-state index contributed by atoms with van der Waals surface area (Å²) in [5.74, 6) is 2.26. The lowest BCUT2D eigenvalue weighted by Gasteiger charge is -1.84. The smallest absolute Gasteiger partial charge is 0.249 e. The number of fused-ring (bicyclic) bond motifs is 1. The molecule has 1 heterocycles. The summed E-state index contributed by atoms with van der Waals surface area (Å²) in [6.07, 6.45) is 3.52. The van der Waals surface area contributed by atoms with Gasteiger partial charge in [-0.2, -0.15) is 4.57 Å². The molecule has 0 fully saturated rings. The fourth-order valence-corrected chi connectivity index (χ4v) is 1.46. The number of rotatable bonds is 1. The molecule has 2 aromatic rings. The molecule has 0 unspecified atom stereocenters. The van der Waals surface area contributed by atoms with Crippen molar-refractivity contribution in [3.05, 3.63) is 30.6 Å². The van der Waals surface area contributed by atoms with Crippen LogP contribution in [0.3, 0.4) is 0 Å². The average molecular weight is 172 g/mol. The lowest BCUT2D eigenvalue weighted by Crippen LogP contribution is -2.25. The van der Waals surface area contributed by atoms with E-state index >= 15 is 0 Å². The van der Waals surface area contributed by atoms with E-state index in [1.165, 1.54) is 0 Å². The van der Waals surface area contributed by atoms with E-state index in [4.69, 9.17) is 5.41 Å². The molecule has 0 radical (unpaired) electrons. The van der Waals surface area contributed by atoms with Crippen molar-refractivity contribution in [3.63, 3.8) is 0 Å². The molecule has 0 aliphatic carbocycles. The summed E-state index contributed by atoms with van der Waals surface area (Å²) < 4.78 is 3.89. The first-order valence-electron chi connectivity index (χ1n) is 4.04. The Hall–Kier alpha value is -1.86. The van der Waals surface area contributed by atoms with Crippen LogP contribution in [0.15, 0.2) is 30.6 Å². The molecule has 1 aromatic carbocycles. The number of hydrogen-bond acceptors (Lipinski definition) is 1. The molecule has 2 rings (SSSR count). The van der Waals surface area contributed by atoms with Gasteiger partial charge in [-0.25, -0.2) is 4.57 Å². The highest BCUT2D eigenvalue weighted by molar-refractivity contribution is 5.78. The summed E-state index contributed by atoms with van der Waals surface area (Å²) >= 11 is 0. The van der Waals surface area contributed by atoms with Gasteiger partial charge in [-0.3, -0.25) is 5.41 Å². The SMILES string of the molecule is C[n+]1cn(C=C=N)c2ccccc21. The number of aromatic nitrogens is 2. The van der Waals surface area contributed by atoms with Crippen LogP contribution in [0.1, 0.15) is 0 Å². The van der Waals surface area contributed by atoms with Gasteiger partial charge in [-0.05, 0) is 12.1 Å². The van der Waals surface area contributed by atoms with Crippen LogP contribution in [0.25, 0.3) is 17.2 Å². The third kappa shape index (κ3) is 1.15. The van der Waals surface area contributed by atoms with E-state index in [2.05, 4.69) is 5.87 Å². The van der Waals surface area contributed by atoms with E-state index in [-0.39, 0.29) is 0 Å². The van der Waals surface area contributed by atoms with Gasteiger partial charge in [0, 0.05) is 5.87 Å². The van der Waals surface area contributed by atoms with Gasteiger partial charge in [0.2, 0.25) is 6.33 Å². The molecule has 1 aromatic heterocycles. The molecule has 1 N–H and O–H groups in total. The largest absolute Gasteiger partial charge is 0.256 e. The highest BCUT2D eigenvalue weighted by Crippen LogP contribution is 2.09. The quantitative estimate of drug-likeness (QED) is 0.495. The van der Waals surface area contributed by atoms with Crippen LogP contribution in [0.4, 0.5) is 0 Å². The van der Waals surface area contributed by atoms with Gasteiger partial charge in [0.15, 0.2) is 17.2 Å². The summed E-state index contributed by atoms with van der Waals surface area (Å²) in [6, 6.07) is 8.05. The lowest BCUT2D eigenvalue weighted by molar-refractivity contribution is -0.645. The second-order valence-electron chi connectivity index (χ2n) is 2.90. The van der Waals surface area contributed by atoms with Gasteiger partial charge in [-0.15, -0.1) is 0 Å². The van der Waals surface area contributed by atoms with Crippen molar-refractivity contribution in [1.82, 2.24) is 4.57 Å². The molecule has 13 heavy (non-hydrogen) atoms. The van der Waals surface area contributed by atoms with E-state index in [0.717, 1.165) is 11.0 Å².